The summed E-state index contributed by atoms with van der Waals surface area (Å²) in [5.74, 6) is 1.26. The number of aryl methyl sites for hydroxylation is 1. The predicted molar refractivity (Wildman–Crippen MR) is 218 cm³/mol. The molecular formula is C41H39FN14. The average molecular weight is 747 g/mol. The highest BCUT2D eigenvalue weighted by molar-refractivity contribution is 5.95. The van der Waals surface area contributed by atoms with Crippen molar-refractivity contribution < 1.29 is 4.39 Å². The normalized spacial score (nSPS) is 12.4. The van der Waals surface area contributed by atoms with Crippen LogP contribution in [0.4, 0.5) is 39.3 Å². The van der Waals surface area contributed by atoms with Crippen molar-refractivity contribution in [1.29, 1.82) is 0 Å². The first-order valence-corrected chi connectivity index (χ1v) is 18.2. The van der Waals surface area contributed by atoms with E-state index in [1.807, 2.05) is 73.7 Å². The van der Waals surface area contributed by atoms with E-state index < -0.39 is 5.82 Å². The first-order valence-electron chi connectivity index (χ1n) is 18.2. The van der Waals surface area contributed by atoms with Gasteiger partial charge in [-0.3, -0.25) is 15.1 Å². The van der Waals surface area contributed by atoms with Gasteiger partial charge in [0, 0.05) is 70.1 Å². The van der Waals surface area contributed by atoms with Crippen LogP contribution in [0.15, 0.2) is 116 Å². The molecule has 0 spiro atoms. The summed E-state index contributed by atoms with van der Waals surface area (Å²) in [6.45, 7) is 4.82. The molecule has 8 aromatic rings. The van der Waals surface area contributed by atoms with Crippen molar-refractivity contribution in [3.05, 3.63) is 144 Å². The van der Waals surface area contributed by atoms with Crippen LogP contribution in [0.1, 0.15) is 28.9 Å². The molecule has 7 N–H and O–H groups in total. The van der Waals surface area contributed by atoms with E-state index in [9.17, 15) is 4.39 Å². The molecule has 0 atom stereocenters. The summed E-state index contributed by atoms with van der Waals surface area (Å²) in [6.07, 6.45) is 13.5. The molecular weight excluding hydrogens is 708 g/mol. The fourth-order valence-corrected chi connectivity index (χ4v) is 6.20. The quantitative estimate of drug-likeness (QED) is 0.0688. The number of aromatic amines is 2. The zero-order valence-corrected chi connectivity index (χ0v) is 30.5. The van der Waals surface area contributed by atoms with E-state index in [-0.39, 0.29) is 5.82 Å². The van der Waals surface area contributed by atoms with Gasteiger partial charge in [0.05, 0.1) is 42.4 Å². The molecule has 2 aromatic carbocycles. The Bertz CT molecular complexity index is 2590. The maximum absolute atomic E-state index is 14.2. The van der Waals surface area contributed by atoms with Crippen LogP contribution < -0.4 is 26.6 Å². The molecule has 0 fully saturated rings. The van der Waals surface area contributed by atoms with Gasteiger partial charge in [-0.05, 0) is 86.1 Å². The van der Waals surface area contributed by atoms with Gasteiger partial charge in [-0.2, -0.15) is 15.1 Å². The van der Waals surface area contributed by atoms with Crippen molar-refractivity contribution in [3.63, 3.8) is 0 Å². The number of halogens is 1. The monoisotopic (exact) mass is 746 g/mol. The van der Waals surface area contributed by atoms with Crippen LogP contribution >= 0.6 is 0 Å². The van der Waals surface area contributed by atoms with Gasteiger partial charge >= 0.3 is 0 Å². The van der Waals surface area contributed by atoms with Crippen molar-refractivity contribution in [2.24, 2.45) is 0 Å². The molecule has 9 rings (SSSR count). The smallest absolute Gasteiger partial charge is 0.229 e. The molecule has 0 saturated heterocycles. The fraction of sp³-hybridized carbons (Fsp3) is 0.146. The summed E-state index contributed by atoms with van der Waals surface area (Å²) >= 11 is 0. The maximum Gasteiger partial charge on any atom is 0.229 e. The molecule has 0 radical (unpaired) electrons. The van der Waals surface area contributed by atoms with E-state index in [0.29, 0.717) is 25.0 Å². The first-order chi connectivity index (χ1) is 27.5. The van der Waals surface area contributed by atoms with Crippen molar-refractivity contribution in [2.45, 2.75) is 26.4 Å². The lowest BCUT2D eigenvalue weighted by Gasteiger charge is -2.13. The molecule has 6 aromatic heterocycles. The Kier molecular flexibility index (Phi) is 10.7. The van der Waals surface area contributed by atoms with Gasteiger partial charge in [0.1, 0.15) is 5.82 Å². The van der Waals surface area contributed by atoms with Crippen LogP contribution in [-0.2, 0) is 13.1 Å². The van der Waals surface area contributed by atoms with Crippen LogP contribution in [0.5, 0.6) is 0 Å². The van der Waals surface area contributed by atoms with Gasteiger partial charge < -0.3 is 31.6 Å². The highest BCUT2D eigenvalue weighted by atomic mass is 19.1. The molecule has 7 heterocycles. The number of benzene rings is 2. The van der Waals surface area contributed by atoms with Crippen molar-refractivity contribution in [3.8, 4) is 0 Å². The Morgan fingerprint density at radius 2 is 1.43 bits per heavy atom. The number of anilines is 6. The molecule has 1 aliphatic rings. The lowest BCUT2D eigenvalue weighted by Crippen LogP contribution is -2.19. The van der Waals surface area contributed by atoms with Crippen molar-refractivity contribution >= 4 is 62.3 Å². The zero-order chi connectivity index (χ0) is 38.1. The van der Waals surface area contributed by atoms with Crippen LogP contribution in [0.3, 0.4) is 0 Å². The summed E-state index contributed by atoms with van der Waals surface area (Å²) in [5.41, 5.74) is 9.09. The minimum atomic E-state index is -0.511. The van der Waals surface area contributed by atoms with Gasteiger partial charge in [0.25, 0.3) is 0 Å². The summed E-state index contributed by atoms with van der Waals surface area (Å²) in [6, 6.07) is 23.4. The third-order valence-corrected chi connectivity index (χ3v) is 9.09. The van der Waals surface area contributed by atoms with Crippen LogP contribution in [0, 0.1) is 12.7 Å². The number of rotatable bonds is 11. The van der Waals surface area contributed by atoms with E-state index in [2.05, 4.69) is 90.0 Å². The van der Waals surface area contributed by atoms with Crippen LogP contribution in [0.25, 0.3) is 27.4 Å². The van der Waals surface area contributed by atoms with E-state index in [0.717, 1.165) is 81.7 Å². The van der Waals surface area contributed by atoms with E-state index in [4.69, 9.17) is 0 Å². The zero-order valence-electron chi connectivity index (χ0n) is 30.5. The highest BCUT2D eigenvalue weighted by Crippen LogP contribution is 2.31. The average Bonchev–Trinajstić information content (AvgIpc) is 3.89. The summed E-state index contributed by atoms with van der Waals surface area (Å²) < 4.78 is 14.2. The van der Waals surface area contributed by atoms with E-state index >= 15 is 0 Å². The van der Waals surface area contributed by atoms with Gasteiger partial charge in [-0.1, -0.05) is 18.2 Å². The summed E-state index contributed by atoms with van der Waals surface area (Å²) in [5, 5.41) is 25.2. The number of fused-ring (bicyclic) bond motifs is 2. The number of hydrogen-bond acceptors (Lipinski definition) is 12. The third kappa shape index (κ3) is 8.75. The Morgan fingerprint density at radius 1 is 0.732 bits per heavy atom. The minimum Gasteiger partial charge on any atom is -0.364 e. The lowest BCUT2D eigenvalue weighted by molar-refractivity contribution is 0.617. The first kappa shape index (κ1) is 35.8. The van der Waals surface area contributed by atoms with Gasteiger partial charge in [-0.25, -0.2) is 14.4 Å². The lowest BCUT2D eigenvalue weighted by atomic mass is 9.99. The van der Waals surface area contributed by atoms with Crippen molar-refractivity contribution in [2.75, 3.05) is 34.4 Å². The second-order valence-corrected chi connectivity index (χ2v) is 13.0. The number of hydrogen-bond donors (Lipinski definition) is 7. The Hall–Kier alpha value is -7.26. The molecule has 0 unspecified atom stereocenters. The number of nitrogens with zero attached hydrogens (tertiary/aromatic N) is 7. The minimum absolute atomic E-state index is 0.131. The Morgan fingerprint density at radius 3 is 2.14 bits per heavy atom. The van der Waals surface area contributed by atoms with Gasteiger partial charge in [-0.15, -0.1) is 0 Å². The van der Waals surface area contributed by atoms with Gasteiger partial charge in [0.15, 0.2) is 11.6 Å². The molecule has 56 heavy (non-hydrogen) atoms. The third-order valence-electron chi connectivity index (χ3n) is 9.09. The number of H-pyrrole nitrogens is 2. The predicted octanol–water partition coefficient (Wildman–Crippen LogP) is 7.64. The topological polar surface area (TPSA) is 182 Å². The Labute approximate surface area is 321 Å². The molecule has 280 valence electrons. The molecule has 1 aliphatic heterocycles. The summed E-state index contributed by atoms with van der Waals surface area (Å²) in [7, 11) is 0. The van der Waals surface area contributed by atoms with Crippen LogP contribution in [0.2, 0.25) is 0 Å². The second-order valence-electron chi connectivity index (χ2n) is 13.0. The van der Waals surface area contributed by atoms with Crippen molar-refractivity contribution in [1.82, 2.24) is 50.4 Å². The molecule has 14 nitrogen and oxygen atoms in total. The fourth-order valence-electron chi connectivity index (χ4n) is 6.20. The Balaban J connectivity index is 0.000000161. The summed E-state index contributed by atoms with van der Waals surface area (Å²) in [4.78, 5) is 29.2. The number of aromatic nitrogens is 9. The molecule has 0 saturated carbocycles. The SMILES string of the molecule is Cc1cnc(Nc2ccc3[nH]ncc3c2)nc1NCc1ccccn1.Fc1cnc(Nc2ccc3[nH]cc(C4=CCNCC4)c3c2)nc1NCc1ccccn1. The second kappa shape index (κ2) is 16.8. The highest BCUT2D eigenvalue weighted by Gasteiger charge is 2.13. The molecule has 0 amide bonds. The molecule has 15 heteroatoms. The number of nitrogens with one attached hydrogen (secondary N) is 7. The standard InChI is InChI=1S/C23H22FN7.C18H17N7/c24-20-14-29-23(31-22(20)28-12-17-3-1-2-8-26-17)30-16-4-5-21-18(11-16)19(13-27-21)15-6-9-25-10-7-15;1-12-9-21-18(23-14-5-6-16-13(8-14)10-22-25-16)24-17(12)20-11-15-4-2-3-7-19-15/h1-6,8,11,13-14,25,27H,7,9-10,12H2,(H2,28,29,30,31);2-10H,11H2,1H3,(H,22,25)(H2,20,21,23,24). The van der Waals surface area contributed by atoms with Gasteiger partial charge in [0.2, 0.25) is 11.9 Å². The van der Waals surface area contributed by atoms with Crippen LogP contribution in [-0.4, -0.2) is 58.2 Å². The molecule has 0 bridgehead atoms. The van der Waals surface area contributed by atoms with E-state index in [1.54, 1.807) is 24.8 Å². The maximum atomic E-state index is 14.2. The largest absolute Gasteiger partial charge is 0.364 e. The molecule has 0 aliphatic carbocycles. The number of pyridine rings is 2. The van der Waals surface area contributed by atoms with E-state index in [1.165, 1.54) is 11.1 Å².